The van der Waals surface area contributed by atoms with Crippen molar-refractivity contribution in [2.24, 2.45) is 0 Å². The van der Waals surface area contributed by atoms with Crippen molar-refractivity contribution < 1.29 is 13.3 Å². The van der Waals surface area contributed by atoms with E-state index >= 15 is 0 Å². The molecule has 5 heteroatoms. The second-order valence-corrected chi connectivity index (χ2v) is 6.40. The first-order valence-electron chi connectivity index (χ1n) is 4.99. The molecule has 0 saturated heterocycles. The second-order valence-electron chi connectivity index (χ2n) is 3.43. The molecule has 0 aliphatic rings. The molecule has 0 rings (SSSR count). The summed E-state index contributed by atoms with van der Waals surface area (Å²) in [6, 6.07) is 0.881. The van der Waals surface area contributed by atoms with E-state index in [0.29, 0.717) is 6.61 Å². The maximum absolute atomic E-state index is 5.59. The molecule has 0 unspecified atom stereocenters. The van der Waals surface area contributed by atoms with Crippen LogP contribution in [0.2, 0.25) is 6.04 Å². The smallest absolute Gasteiger partial charge is 0.377 e. The van der Waals surface area contributed by atoms with Crippen molar-refractivity contribution in [1.29, 1.82) is 0 Å². The molecule has 0 bridgehead atoms. The van der Waals surface area contributed by atoms with Gasteiger partial charge in [-0.1, -0.05) is 0 Å². The van der Waals surface area contributed by atoms with Crippen LogP contribution in [-0.4, -0.2) is 55.2 Å². The largest absolute Gasteiger partial charge is 0.500 e. The molecule has 0 aromatic carbocycles. The monoisotopic (exact) mass is 221 g/mol. The van der Waals surface area contributed by atoms with E-state index in [1.54, 1.807) is 14.2 Å². The van der Waals surface area contributed by atoms with Gasteiger partial charge in [0.05, 0.1) is 0 Å². The molecule has 0 aromatic heterocycles. The van der Waals surface area contributed by atoms with Crippen molar-refractivity contribution in [1.82, 2.24) is 4.90 Å². The van der Waals surface area contributed by atoms with E-state index in [1.807, 2.05) is 6.92 Å². The molecule has 0 heterocycles. The summed E-state index contributed by atoms with van der Waals surface area (Å²) >= 11 is 0. The van der Waals surface area contributed by atoms with Crippen LogP contribution in [0.5, 0.6) is 0 Å². The van der Waals surface area contributed by atoms with Gasteiger partial charge in [-0.25, -0.2) is 0 Å². The quantitative estimate of drug-likeness (QED) is 0.576. The first kappa shape index (κ1) is 14.1. The van der Waals surface area contributed by atoms with Gasteiger partial charge in [0.15, 0.2) is 0 Å². The molecule has 0 aromatic rings. The van der Waals surface area contributed by atoms with Gasteiger partial charge in [-0.3, -0.25) is 0 Å². The Kier molecular flexibility index (Phi) is 7.39. The minimum absolute atomic E-state index is 0.649. The Morgan fingerprint density at radius 3 is 2.07 bits per heavy atom. The van der Waals surface area contributed by atoms with E-state index in [2.05, 4.69) is 19.0 Å². The first-order valence-corrected chi connectivity index (χ1v) is 6.92. The molecular formula is C9H23NO3Si. The third kappa shape index (κ3) is 5.07. The third-order valence-corrected chi connectivity index (χ3v) is 5.01. The highest BCUT2D eigenvalue weighted by Gasteiger charge is 2.37. The molecular weight excluding hydrogens is 198 g/mol. The molecule has 4 nitrogen and oxygen atoms in total. The van der Waals surface area contributed by atoms with Crippen LogP contribution < -0.4 is 0 Å². The standard InChI is InChI=1S/C9H23NO3Si/c1-6-13-14(11-4,12-5)9-7-8-10(2)3/h6-9H2,1-5H3. The molecule has 0 radical (unpaired) electrons. The van der Waals surface area contributed by atoms with Crippen molar-refractivity contribution >= 4 is 8.80 Å². The predicted molar refractivity (Wildman–Crippen MR) is 59.4 cm³/mol. The van der Waals surface area contributed by atoms with Crippen LogP contribution in [0.4, 0.5) is 0 Å². The van der Waals surface area contributed by atoms with E-state index in [4.69, 9.17) is 13.3 Å². The van der Waals surface area contributed by atoms with Gasteiger partial charge < -0.3 is 18.2 Å². The van der Waals surface area contributed by atoms with Gasteiger partial charge in [0.2, 0.25) is 0 Å². The van der Waals surface area contributed by atoms with E-state index in [9.17, 15) is 0 Å². The molecule has 0 saturated carbocycles. The van der Waals surface area contributed by atoms with Crippen molar-refractivity contribution in [3.8, 4) is 0 Å². The lowest BCUT2D eigenvalue weighted by Gasteiger charge is -2.26. The van der Waals surface area contributed by atoms with Crippen LogP contribution in [0.25, 0.3) is 0 Å². The first-order chi connectivity index (χ1) is 6.60. The Morgan fingerprint density at radius 2 is 1.71 bits per heavy atom. The number of hydrogen-bond acceptors (Lipinski definition) is 4. The van der Waals surface area contributed by atoms with Crippen LogP contribution in [0.3, 0.4) is 0 Å². The molecule has 0 spiro atoms. The summed E-state index contributed by atoms with van der Waals surface area (Å²) in [6.45, 7) is 3.65. The molecule has 0 amide bonds. The maximum Gasteiger partial charge on any atom is 0.500 e. The summed E-state index contributed by atoms with van der Waals surface area (Å²) in [4.78, 5) is 2.15. The van der Waals surface area contributed by atoms with Crippen LogP contribution in [-0.2, 0) is 13.3 Å². The van der Waals surface area contributed by atoms with Gasteiger partial charge in [-0.2, -0.15) is 0 Å². The Hall–Kier alpha value is 0.0569. The van der Waals surface area contributed by atoms with Crippen LogP contribution >= 0.6 is 0 Å². The highest BCUT2D eigenvalue weighted by Crippen LogP contribution is 2.15. The van der Waals surface area contributed by atoms with Gasteiger partial charge >= 0.3 is 8.80 Å². The zero-order valence-corrected chi connectivity index (χ0v) is 11.0. The van der Waals surface area contributed by atoms with Gasteiger partial charge in [0.25, 0.3) is 0 Å². The second kappa shape index (κ2) is 7.36. The predicted octanol–water partition coefficient (Wildman–Crippen LogP) is 1.21. The van der Waals surface area contributed by atoms with E-state index in [0.717, 1.165) is 19.0 Å². The Balaban J connectivity index is 3.94. The summed E-state index contributed by atoms with van der Waals surface area (Å²) in [7, 11) is 5.12. The number of nitrogens with zero attached hydrogens (tertiary/aromatic N) is 1. The summed E-state index contributed by atoms with van der Waals surface area (Å²) in [5, 5.41) is 0. The lowest BCUT2D eigenvalue weighted by atomic mass is 10.5. The van der Waals surface area contributed by atoms with Gasteiger partial charge in [0, 0.05) is 26.9 Å². The topological polar surface area (TPSA) is 30.9 Å². The van der Waals surface area contributed by atoms with Gasteiger partial charge in [-0.15, -0.1) is 0 Å². The maximum atomic E-state index is 5.59. The highest BCUT2D eigenvalue weighted by molar-refractivity contribution is 6.60. The zero-order chi connectivity index (χ0) is 11.0. The number of rotatable bonds is 8. The average Bonchev–Trinajstić information content (AvgIpc) is 2.16. The van der Waals surface area contributed by atoms with E-state index in [-0.39, 0.29) is 0 Å². The molecule has 14 heavy (non-hydrogen) atoms. The molecule has 0 atom stereocenters. The Bertz CT molecular complexity index is 140. The Labute approximate surface area is 88.5 Å². The van der Waals surface area contributed by atoms with Crippen molar-refractivity contribution in [3.63, 3.8) is 0 Å². The number of hydrogen-bond donors (Lipinski definition) is 0. The molecule has 0 N–H and O–H groups in total. The lowest BCUT2D eigenvalue weighted by molar-refractivity contribution is 0.103. The molecule has 86 valence electrons. The zero-order valence-electron chi connectivity index (χ0n) is 10.0. The average molecular weight is 221 g/mol. The minimum Gasteiger partial charge on any atom is -0.377 e. The Morgan fingerprint density at radius 1 is 1.14 bits per heavy atom. The van der Waals surface area contributed by atoms with Gasteiger partial charge in [-0.05, 0) is 34.0 Å². The van der Waals surface area contributed by atoms with E-state index < -0.39 is 8.80 Å². The lowest BCUT2D eigenvalue weighted by Crippen LogP contribution is -2.44. The fourth-order valence-corrected chi connectivity index (χ4v) is 3.30. The van der Waals surface area contributed by atoms with Crippen LogP contribution in [0, 0.1) is 0 Å². The van der Waals surface area contributed by atoms with Crippen molar-refractivity contribution in [2.75, 3.05) is 41.5 Å². The fourth-order valence-electron chi connectivity index (χ4n) is 1.31. The van der Waals surface area contributed by atoms with Crippen LogP contribution in [0.15, 0.2) is 0 Å². The minimum atomic E-state index is -2.34. The third-order valence-electron chi connectivity index (χ3n) is 2.07. The molecule has 0 aliphatic heterocycles. The van der Waals surface area contributed by atoms with E-state index in [1.165, 1.54) is 0 Å². The summed E-state index contributed by atoms with van der Waals surface area (Å²) in [5.41, 5.74) is 0. The fraction of sp³-hybridized carbons (Fsp3) is 1.00. The van der Waals surface area contributed by atoms with Crippen molar-refractivity contribution in [3.05, 3.63) is 0 Å². The SMILES string of the molecule is CCO[Si](CCCN(C)C)(OC)OC. The normalized spacial score (nSPS) is 12.4. The molecule has 0 aliphatic carbocycles. The molecule has 0 fully saturated rings. The highest BCUT2D eigenvalue weighted by atomic mass is 28.4. The summed E-state index contributed by atoms with van der Waals surface area (Å²) < 4.78 is 16.4. The van der Waals surface area contributed by atoms with Crippen LogP contribution in [0.1, 0.15) is 13.3 Å². The van der Waals surface area contributed by atoms with Gasteiger partial charge in [0.1, 0.15) is 0 Å². The summed E-state index contributed by atoms with van der Waals surface area (Å²) in [6.07, 6.45) is 1.04. The van der Waals surface area contributed by atoms with Crippen molar-refractivity contribution in [2.45, 2.75) is 19.4 Å². The summed E-state index contributed by atoms with van der Waals surface area (Å²) in [5.74, 6) is 0.